The van der Waals surface area contributed by atoms with Gasteiger partial charge in [-0.15, -0.1) is 0 Å². The summed E-state index contributed by atoms with van der Waals surface area (Å²) < 4.78 is 5.08. The van der Waals surface area contributed by atoms with Gasteiger partial charge in [-0.05, 0) is 12.1 Å². The molecule has 0 saturated carbocycles. The average molecular weight is 320 g/mol. The van der Waals surface area contributed by atoms with Gasteiger partial charge in [-0.25, -0.2) is 9.97 Å². The molecule has 122 valence electrons. The molecule has 5 nitrogen and oxygen atoms in total. The molecule has 1 heterocycles. The van der Waals surface area contributed by atoms with Crippen LogP contribution in [-0.2, 0) is 4.74 Å². The monoisotopic (exact) mass is 320 g/mol. The van der Waals surface area contributed by atoms with E-state index in [0.29, 0.717) is 19.0 Å². The van der Waals surface area contributed by atoms with Crippen LogP contribution in [0.4, 0.5) is 17.3 Å². The van der Waals surface area contributed by atoms with Gasteiger partial charge >= 0.3 is 0 Å². The number of hydrogen-bond acceptors (Lipinski definition) is 5. The van der Waals surface area contributed by atoms with Crippen LogP contribution in [0, 0.1) is 0 Å². The van der Waals surface area contributed by atoms with Gasteiger partial charge < -0.3 is 15.4 Å². The van der Waals surface area contributed by atoms with Crippen LogP contribution in [0.15, 0.2) is 66.7 Å². The minimum Gasteiger partial charge on any atom is -0.383 e. The molecule has 1 aromatic heterocycles. The van der Waals surface area contributed by atoms with Gasteiger partial charge in [0.05, 0.1) is 6.61 Å². The molecule has 0 saturated heterocycles. The van der Waals surface area contributed by atoms with E-state index in [1.54, 1.807) is 7.11 Å². The number of benzene rings is 2. The average Bonchev–Trinajstić information content (AvgIpc) is 2.63. The molecule has 24 heavy (non-hydrogen) atoms. The predicted molar refractivity (Wildman–Crippen MR) is 97.6 cm³/mol. The Bertz CT molecular complexity index is 763. The van der Waals surface area contributed by atoms with Crippen molar-refractivity contribution in [3.63, 3.8) is 0 Å². The molecule has 5 heteroatoms. The normalized spacial score (nSPS) is 10.4. The van der Waals surface area contributed by atoms with Crippen LogP contribution in [0.3, 0.4) is 0 Å². The van der Waals surface area contributed by atoms with E-state index in [1.807, 2.05) is 66.7 Å². The topological polar surface area (TPSA) is 59.1 Å². The molecule has 2 aromatic carbocycles. The molecule has 0 spiro atoms. The first-order valence-corrected chi connectivity index (χ1v) is 7.84. The smallest absolute Gasteiger partial charge is 0.163 e. The summed E-state index contributed by atoms with van der Waals surface area (Å²) in [5, 5.41) is 6.59. The maximum atomic E-state index is 5.08. The van der Waals surface area contributed by atoms with E-state index < -0.39 is 0 Å². The second kappa shape index (κ2) is 8.08. The van der Waals surface area contributed by atoms with Crippen molar-refractivity contribution in [1.82, 2.24) is 9.97 Å². The van der Waals surface area contributed by atoms with Gasteiger partial charge in [0.1, 0.15) is 11.6 Å². The summed E-state index contributed by atoms with van der Waals surface area (Å²) >= 11 is 0. The second-order valence-electron chi connectivity index (χ2n) is 5.24. The van der Waals surface area contributed by atoms with Crippen LogP contribution >= 0.6 is 0 Å². The van der Waals surface area contributed by atoms with Gasteiger partial charge in [-0.2, -0.15) is 0 Å². The van der Waals surface area contributed by atoms with E-state index in [1.165, 1.54) is 0 Å². The molecule has 3 rings (SSSR count). The van der Waals surface area contributed by atoms with Crippen molar-refractivity contribution in [2.45, 2.75) is 0 Å². The van der Waals surface area contributed by atoms with Gasteiger partial charge in [-0.3, -0.25) is 0 Å². The van der Waals surface area contributed by atoms with Gasteiger partial charge in [0.2, 0.25) is 0 Å². The maximum absolute atomic E-state index is 5.08. The van der Waals surface area contributed by atoms with Gasteiger partial charge in [0.15, 0.2) is 5.82 Å². The molecule has 0 unspecified atom stereocenters. The molecule has 0 bridgehead atoms. The lowest BCUT2D eigenvalue weighted by molar-refractivity contribution is 0.210. The standard InChI is InChI=1S/C19H20N4O/c1-24-13-12-20-17-14-18(21-16-10-6-3-7-11-16)23-19(22-17)15-8-4-2-5-9-15/h2-11,14H,12-13H2,1H3,(H2,20,21,22,23). The Morgan fingerprint density at radius 3 is 2.25 bits per heavy atom. The van der Waals surface area contributed by atoms with E-state index in [4.69, 9.17) is 4.74 Å². The van der Waals surface area contributed by atoms with Crippen molar-refractivity contribution in [3.8, 4) is 11.4 Å². The molecule has 0 atom stereocenters. The minimum absolute atomic E-state index is 0.617. The molecule has 0 amide bonds. The number of nitrogens with zero attached hydrogens (tertiary/aromatic N) is 2. The molecule has 2 N–H and O–H groups in total. The summed E-state index contributed by atoms with van der Waals surface area (Å²) in [4.78, 5) is 9.23. The van der Waals surface area contributed by atoms with Crippen LogP contribution in [0.25, 0.3) is 11.4 Å². The van der Waals surface area contributed by atoms with Crippen molar-refractivity contribution in [2.24, 2.45) is 0 Å². The highest BCUT2D eigenvalue weighted by molar-refractivity contribution is 5.65. The number of para-hydroxylation sites is 1. The highest BCUT2D eigenvalue weighted by Crippen LogP contribution is 2.22. The molecule has 0 aliphatic heterocycles. The summed E-state index contributed by atoms with van der Waals surface area (Å²) in [6.45, 7) is 1.30. The largest absolute Gasteiger partial charge is 0.383 e. The quantitative estimate of drug-likeness (QED) is 0.646. The third-order valence-corrected chi connectivity index (χ3v) is 3.42. The fourth-order valence-electron chi connectivity index (χ4n) is 2.27. The summed E-state index contributed by atoms with van der Waals surface area (Å²) in [6.07, 6.45) is 0. The van der Waals surface area contributed by atoms with Crippen LogP contribution in [-0.4, -0.2) is 30.2 Å². The van der Waals surface area contributed by atoms with Crippen LogP contribution in [0.5, 0.6) is 0 Å². The molecule has 0 aliphatic rings. The molecular formula is C19H20N4O. The third kappa shape index (κ3) is 4.30. The number of hydrogen-bond donors (Lipinski definition) is 2. The van der Waals surface area contributed by atoms with Gasteiger partial charge in [-0.1, -0.05) is 48.5 Å². The van der Waals surface area contributed by atoms with Crippen molar-refractivity contribution in [1.29, 1.82) is 0 Å². The first-order chi connectivity index (χ1) is 11.8. The van der Waals surface area contributed by atoms with Crippen molar-refractivity contribution >= 4 is 17.3 Å². The number of ether oxygens (including phenoxy) is 1. The van der Waals surface area contributed by atoms with E-state index in [9.17, 15) is 0 Å². The maximum Gasteiger partial charge on any atom is 0.163 e. The molecule has 0 aliphatic carbocycles. The molecular weight excluding hydrogens is 300 g/mol. The SMILES string of the molecule is COCCNc1cc(Nc2ccccc2)nc(-c2ccccc2)n1. The summed E-state index contributed by atoms with van der Waals surface area (Å²) in [6, 6.07) is 21.8. The molecule has 0 radical (unpaired) electrons. The Balaban J connectivity index is 1.90. The summed E-state index contributed by atoms with van der Waals surface area (Å²) in [5.41, 5.74) is 1.96. The van der Waals surface area contributed by atoms with Crippen LogP contribution in [0.2, 0.25) is 0 Å². The second-order valence-corrected chi connectivity index (χ2v) is 5.24. The molecule has 0 fully saturated rings. The zero-order valence-corrected chi connectivity index (χ0v) is 13.6. The fraction of sp³-hybridized carbons (Fsp3) is 0.158. The molecule has 3 aromatic rings. The van der Waals surface area contributed by atoms with E-state index in [-0.39, 0.29) is 0 Å². The lowest BCUT2D eigenvalue weighted by Gasteiger charge is -2.11. The number of rotatable bonds is 7. The minimum atomic E-state index is 0.617. The summed E-state index contributed by atoms with van der Waals surface area (Å²) in [5.74, 6) is 2.19. The van der Waals surface area contributed by atoms with Gasteiger partial charge in [0.25, 0.3) is 0 Å². The summed E-state index contributed by atoms with van der Waals surface area (Å²) in [7, 11) is 1.68. The Labute approximate surface area is 141 Å². The predicted octanol–water partition coefficient (Wildman–Crippen LogP) is 3.95. The van der Waals surface area contributed by atoms with E-state index in [2.05, 4.69) is 20.6 Å². The van der Waals surface area contributed by atoms with E-state index in [0.717, 1.165) is 22.9 Å². The van der Waals surface area contributed by atoms with Crippen molar-refractivity contribution in [3.05, 3.63) is 66.7 Å². The Morgan fingerprint density at radius 1 is 0.875 bits per heavy atom. The fourth-order valence-corrected chi connectivity index (χ4v) is 2.27. The van der Waals surface area contributed by atoms with Crippen molar-refractivity contribution in [2.75, 3.05) is 30.9 Å². The van der Waals surface area contributed by atoms with Crippen LogP contribution in [0.1, 0.15) is 0 Å². The Kier molecular flexibility index (Phi) is 5.37. The first-order valence-electron chi connectivity index (χ1n) is 7.84. The lowest BCUT2D eigenvalue weighted by Crippen LogP contribution is -2.10. The zero-order chi connectivity index (χ0) is 16.6. The Morgan fingerprint density at radius 2 is 1.54 bits per heavy atom. The van der Waals surface area contributed by atoms with Crippen LogP contribution < -0.4 is 10.6 Å². The lowest BCUT2D eigenvalue weighted by atomic mass is 10.2. The highest BCUT2D eigenvalue weighted by Gasteiger charge is 2.07. The number of aromatic nitrogens is 2. The van der Waals surface area contributed by atoms with Crippen molar-refractivity contribution < 1.29 is 4.74 Å². The number of nitrogens with one attached hydrogen (secondary N) is 2. The number of methoxy groups -OCH3 is 1. The van der Waals surface area contributed by atoms with E-state index >= 15 is 0 Å². The zero-order valence-electron chi connectivity index (χ0n) is 13.6. The highest BCUT2D eigenvalue weighted by atomic mass is 16.5. The van der Waals surface area contributed by atoms with Gasteiger partial charge in [0, 0.05) is 31.0 Å². The first kappa shape index (κ1) is 16.0. The number of anilines is 3. The third-order valence-electron chi connectivity index (χ3n) is 3.42. The Hall–Kier alpha value is -2.92.